The van der Waals surface area contributed by atoms with Crippen molar-refractivity contribution in [3.63, 3.8) is 0 Å². The maximum atomic E-state index is 12.6. The number of rotatable bonds is 3. The van der Waals surface area contributed by atoms with Gasteiger partial charge in [-0.2, -0.15) is 13.2 Å². The summed E-state index contributed by atoms with van der Waals surface area (Å²) in [5.74, 6) is 0.0135. The number of benzene rings is 1. The van der Waals surface area contributed by atoms with E-state index >= 15 is 0 Å². The molecule has 0 aliphatic carbocycles. The molecule has 0 radical (unpaired) electrons. The van der Waals surface area contributed by atoms with Crippen LogP contribution in [0, 0.1) is 5.92 Å². The van der Waals surface area contributed by atoms with Gasteiger partial charge in [-0.1, -0.05) is 18.2 Å². The van der Waals surface area contributed by atoms with Crippen molar-refractivity contribution < 1.29 is 18.0 Å². The van der Waals surface area contributed by atoms with Gasteiger partial charge in [-0.05, 0) is 31.0 Å². The summed E-state index contributed by atoms with van der Waals surface area (Å²) < 4.78 is 37.8. The van der Waals surface area contributed by atoms with E-state index < -0.39 is 11.7 Å². The Bertz CT molecular complexity index is 445. The summed E-state index contributed by atoms with van der Waals surface area (Å²) in [6.45, 7) is 1.94. The molecule has 5 heteroatoms. The summed E-state index contributed by atoms with van der Waals surface area (Å²) in [5.41, 5.74) is 0.0234. The van der Waals surface area contributed by atoms with E-state index in [9.17, 15) is 18.0 Å². The highest BCUT2D eigenvalue weighted by Crippen LogP contribution is 2.30. The van der Waals surface area contributed by atoms with Crippen molar-refractivity contribution in [1.29, 1.82) is 0 Å². The number of hydrogen-bond donors (Lipinski definition) is 0. The van der Waals surface area contributed by atoms with Crippen LogP contribution < -0.4 is 0 Å². The fraction of sp³-hybridized carbons (Fsp3) is 0.500. The molecular weight excluding hydrogens is 255 g/mol. The van der Waals surface area contributed by atoms with Gasteiger partial charge in [0.25, 0.3) is 0 Å². The van der Waals surface area contributed by atoms with Gasteiger partial charge in [0.2, 0.25) is 0 Å². The molecule has 0 bridgehead atoms. The lowest BCUT2D eigenvalue weighted by atomic mass is 9.99. The molecule has 2 nitrogen and oxygen atoms in total. The van der Waals surface area contributed by atoms with E-state index in [4.69, 9.17) is 0 Å². The highest BCUT2D eigenvalue weighted by atomic mass is 19.4. The zero-order valence-corrected chi connectivity index (χ0v) is 10.5. The first-order chi connectivity index (χ1) is 8.99. The van der Waals surface area contributed by atoms with Gasteiger partial charge in [-0.3, -0.25) is 4.90 Å². The van der Waals surface area contributed by atoms with Crippen molar-refractivity contribution >= 4 is 6.29 Å². The second-order valence-corrected chi connectivity index (χ2v) is 4.97. The number of nitrogens with zero attached hydrogens (tertiary/aromatic N) is 1. The average molecular weight is 271 g/mol. The number of halogens is 3. The number of aldehydes is 1. The van der Waals surface area contributed by atoms with E-state index in [0.717, 1.165) is 31.7 Å². The van der Waals surface area contributed by atoms with Crippen molar-refractivity contribution in [1.82, 2.24) is 4.90 Å². The Kier molecular flexibility index (Phi) is 4.24. The predicted octanol–water partition coefficient (Wildman–Crippen LogP) is 3.12. The SMILES string of the molecule is O=CC1CCCN(Cc2cccc(C(F)(F)F)c2)C1. The molecule has 1 aromatic carbocycles. The Hall–Kier alpha value is -1.36. The van der Waals surface area contributed by atoms with E-state index in [1.54, 1.807) is 6.07 Å². The van der Waals surface area contributed by atoms with Crippen molar-refractivity contribution in [3.8, 4) is 0 Å². The second kappa shape index (κ2) is 5.74. The van der Waals surface area contributed by atoms with Crippen LogP contribution in [0.2, 0.25) is 0 Å². The van der Waals surface area contributed by atoms with Gasteiger partial charge in [0.05, 0.1) is 5.56 Å². The van der Waals surface area contributed by atoms with E-state index in [0.29, 0.717) is 18.7 Å². The minimum atomic E-state index is -4.30. The summed E-state index contributed by atoms with van der Waals surface area (Å²) in [6.07, 6.45) is -1.56. The number of hydrogen-bond acceptors (Lipinski definition) is 2. The molecule has 104 valence electrons. The number of alkyl halides is 3. The third kappa shape index (κ3) is 3.80. The summed E-state index contributed by atoms with van der Waals surface area (Å²) in [5, 5.41) is 0. The van der Waals surface area contributed by atoms with Crippen LogP contribution in [-0.2, 0) is 17.5 Å². The molecule has 0 aromatic heterocycles. The summed E-state index contributed by atoms with van der Waals surface area (Å²) in [4.78, 5) is 12.8. The second-order valence-electron chi connectivity index (χ2n) is 4.97. The normalized spacial score (nSPS) is 21.3. The Morgan fingerprint density at radius 1 is 1.37 bits per heavy atom. The van der Waals surface area contributed by atoms with Gasteiger partial charge < -0.3 is 4.79 Å². The van der Waals surface area contributed by atoms with Crippen LogP contribution in [0.3, 0.4) is 0 Å². The van der Waals surface area contributed by atoms with Gasteiger partial charge in [0, 0.05) is 19.0 Å². The Labute approximate surface area is 110 Å². The fourth-order valence-corrected chi connectivity index (χ4v) is 2.45. The Morgan fingerprint density at radius 2 is 2.16 bits per heavy atom. The van der Waals surface area contributed by atoms with Crippen LogP contribution in [0.4, 0.5) is 13.2 Å². The molecule has 0 amide bonds. The van der Waals surface area contributed by atoms with E-state index in [1.165, 1.54) is 12.1 Å². The Morgan fingerprint density at radius 3 is 2.84 bits per heavy atom. The summed E-state index contributed by atoms with van der Waals surface area (Å²) in [7, 11) is 0. The van der Waals surface area contributed by atoms with Gasteiger partial charge in [-0.25, -0.2) is 0 Å². The van der Waals surface area contributed by atoms with Crippen LogP contribution in [0.15, 0.2) is 24.3 Å². The maximum Gasteiger partial charge on any atom is 0.416 e. The molecule has 0 spiro atoms. The molecule has 1 heterocycles. The van der Waals surface area contributed by atoms with Crippen LogP contribution in [0.1, 0.15) is 24.0 Å². The summed E-state index contributed by atoms with van der Waals surface area (Å²) in [6, 6.07) is 5.39. The quantitative estimate of drug-likeness (QED) is 0.787. The number of piperidine rings is 1. The number of likely N-dealkylation sites (tertiary alicyclic amines) is 1. The Balaban J connectivity index is 2.05. The molecular formula is C14H16F3NO. The largest absolute Gasteiger partial charge is 0.416 e. The predicted molar refractivity (Wildman–Crippen MR) is 65.5 cm³/mol. The zero-order valence-electron chi connectivity index (χ0n) is 10.5. The lowest BCUT2D eigenvalue weighted by Gasteiger charge is -2.30. The fourth-order valence-electron chi connectivity index (χ4n) is 2.45. The van der Waals surface area contributed by atoms with Gasteiger partial charge in [-0.15, -0.1) is 0 Å². The first-order valence-electron chi connectivity index (χ1n) is 6.33. The number of carbonyl (C=O) groups excluding carboxylic acids is 1. The van der Waals surface area contributed by atoms with Crippen molar-refractivity contribution in [2.75, 3.05) is 13.1 Å². The van der Waals surface area contributed by atoms with Crippen LogP contribution in [0.25, 0.3) is 0 Å². The smallest absolute Gasteiger partial charge is 0.303 e. The minimum Gasteiger partial charge on any atom is -0.303 e. The molecule has 0 N–H and O–H groups in total. The lowest BCUT2D eigenvalue weighted by molar-refractivity contribution is -0.137. The van der Waals surface area contributed by atoms with Crippen LogP contribution >= 0.6 is 0 Å². The average Bonchev–Trinajstić information content (AvgIpc) is 2.38. The van der Waals surface area contributed by atoms with Crippen LogP contribution in [-0.4, -0.2) is 24.3 Å². The van der Waals surface area contributed by atoms with E-state index in [1.807, 2.05) is 4.90 Å². The first-order valence-corrected chi connectivity index (χ1v) is 6.33. The van der Waals surface area contributed by atoms with E-state index in [-0.39, 0.29) is 5.92 Å². The monoisotopic (exact) mass is 271 g/mol. The van der Waals surface area contributed by atoms with Gasteiger partial charge in [0.15, 0.2) is 0 Å². The van der Waals surface area contributed by atoms with Crippen molar-refractivity contribution in [2.24, 2.45) is 5.92 Å². The van der Waals surface area contributed by atoms with Crippen molar-refractivity contribution in [3.05, 3.63) is 35.4 Å². The minimum absolute atomic E-state index is 0.0135. The molecule has 1 aromatic rings. The standard InChI is InChI=1S/C14H16F3NO/c15-14(16,17)13-5-1-3-11(7-13)8-18-6-2-4-12(9-18)10-19/h1,3,5,7,10,12H,2,4,6,8-9H2. The third-order valence-electron chi connectivity index (χ3n) is 3.39. The third-order valence-corrected chi connectivity index (χ3v) is 3.39. The molecule has 19 heavy (non-hydrogen) atoms. The molecule has 1 aliphatic rings. The lowest BCUT2D eigenvalue weighted by Crippen LogP contribution is -2.35. The molecule has 1 aliphatic heterocycles. The molecule has 0 saturated carbocycles. The topological polar surface area (TPSA) is 20.3 Å². The van der Waals surface area contributed by atoms with E-state index in [2.05, 4.69) is 0 Å². The highest BCUT2D eigenvalue weighted by molar-refractivity contribution is 5.53. The molecule has 2 rings (SSSR count). The zero-order chi connectivity index (χ0) is 13.9. The van der Waals surface area contributed by atoms with Gasteiger partial charge >= 0.3 is 6.18 Å². The molecule has 1 fully saturated rings. The van der Waals surface area contributed by atoms with Gasteiger partial charge in [0.1, 0.15) is 6.29 Å². The van der Waals surface area contributed by atoms with Crippen LogP contribution in [0.5, 0.6) is 0 Å². The number of carbonyl (C=O) groups is 1. The van der Waals surface area contributed by atoms with Crippen molar-refractivity contribution in [2.45, 2.75) is 25.6 Å². The maximum absolute atomic E-state index is 12.6. The first kappa shape index (κ1) is 14.1. The molecule has 1 saturated heterocycles. The summed E-state index contributed by atoms with van der Waals surface area (Å²) >= 11 is 0. The molecule has 1 atom stereocenters. The molecule has 1 unspecified atom stereocenters. The highest BCUT2D eigenvalue weighted by Gasteiger charge is 2.30.